The molecule has 1 atom stereocenters. The number of rotatable bonds is 12. The lowest BCUT2D eigenvalue weighted by Gasteiger charge is -2.31. The predicted molar refractivity (Wildman–Crippen MR) is 154 cm³/mol. The van der Waals surface area contributed by atoms with Gasteiger partial charge >= 0.3 is 0 Å². The fourth-order valence-corrected chi connectivity index (χ4v) is 4.60. The number of halogens is 1. The Bertz CT molecular complexity index is 1400. The lowest BCUT2D eigenvalue weighted by atomic mass is 10.1. The van der Waals surface area contributed by atoms with Gasteiger partial charge in [0, 0.05) is 36.6 Å². The number of ether oxygens (including phenoxy) is 1. The van der Waals surface area contributed by atoms with Gasteiger partial charge in [0.2, 0.25) is 5.91 Å². The summed E-state index contributed by atoms with van der Waals surface area (Å²) in [5, 5.41) is 0. The summed E-state index contributed by atoms with van der Waals surface area (Å²) >= 11 is 0. The summed E-state index contributed by atoms with van der Waals surface area (Å²) in [5.41, 5.74) is 3.43. The van der Waals surface area contributed by atoms with Crippen LogP contribution in [-0.4, -0.2) is 45.9 Å². The number of amides is 2. The molecule has 0 saturated heterocycles. The van der Waals surface area contributed by atoms with Gasteiger partial charge in [-0.25, -0.2) is 4.39 Å². The Morgan fingerprint density at radius 2 is 1.62 bits per heavy atom. The lowest BCUT2D eigenvalue weighted by Crippen LogP contribution is -2.46. The van der Waals surface area contributed by atoms with Gasteiger partial charge in [-0.3, -0.25) is 9.59 Å². The summed E-state index contributed by atoms with van der Waals surface area (Å²) in [5.74, 6) is -0.0609. The van der Waals surface area contributed by atoms with Crippen molar-refractivity contribution in [3.8, 4) is 5.75 Å². The monoisotopic (exact) mass is 541 g/mol. The van der Waals surface area contributed by atoms with Crippen molar-refractivity contribution in [1.82, 2.24) is 14.4 Å². The molecule has 3 aromatic carbocycles. The van der Waals surface area contributed by atoms with E-state index in [2.05, 4.69) is 4.57 Å². The Morgan fingerprint density at radius 3 is 2.33 bits per heavy atom. The number of hydrogen-bond donors (Lipinski definition) is 0. The normalized spacial score (nSPS) is 11.6. The average molecular weight is 542 g/mol. The molecule has 1 aromatic heterocycles. The van der Waals surface area contributed by atoms with Gasteiger partial charge in [0.1, 0.15) is 18.1 Å². The van der Waals surface area contributed by atoms with Gasteiger partial charge in [-0.2, -0.15) is 0 Å². The number of benzene rings is 3. The van der Waals surface area contributed by atoms with Crippen LogP contribution in [0.5, 0.6) is 5.75 Å². The van der Waals surface area contributed by atoms with Crippen LogP contribution in [0.4, 0.5) is 4.39 Å². The van der Waals surface area contributed by atoms with Gasteiger partial charge in [-0.1, -0.05) is 49.4 Å². The number of carbonyl (C=O) groups excluding carboxylic acids is 2. The molecule has 208 valence electrons. The number of nitrogens with zero attached hydrogens (tertiary/aromatic N) is 3. The summed E-state index contributed by atoms with van der Waals surface area (Å²) in [6.45, 7) is 5.25. The van der Waals surface area contributed by atoms with E-state index in [0.717, 1.165) is 22.6 Å². The smallest absolute Gasteiger partial charge is 0.254 e. The summed E-state index contributed by atoms with van der Waals surface area (Å²) in [6.07, 6.45) is 2.69. The van der Waals surface area contributed by atoms with E-state index < -0.39 is 5.82 Å². The van der Waals surface area contributed by atoms with Crippen molar-refractivity contribution >= 4 is 11.8 Å². The molecule has 40 heavy (non-hydrogen) atoms. The molecule has 0 aliphatic rings. The fourth-order valence-electron chi connectivity index (χ4n) is 4.60. The molecule has 4 aromatic rings. The number of carbonyl (C=O) groups is 2. The van der Waals surface area contributed by atoms with Crippen LogP contribution >= 0.6 is 0 Å². The van der Waals surface area contributed by atoms with Crippen molar-refractivity contribution in [1.29, 1.82) is 0 Å². The molecule has 6 nitrogen and oxygen atoms in total. The highest BCUT2D eigenvalue weighted by molar-refractivity contribution is 5.96. The molecule has 0 N–H and O–H groups in total. The zero-order chi connectivity index (χ0) is 28.5. The third-order valence-electron chi connectivity index (χ3n) is 7.11. The maximum Gasteiger partial charge on any atom is 0.254 e. The third kappa shape index (κ3) is 7.38. The van der Waals surface area contributed by atoms with Crippen molar-refractivity contribution in [2.24, 2.45) is 0 Å². The lowest BCUT2D eigenvalue weighted by molar-refractivity contribution is -0.133. The number of aromatic nitrogens is 1. The topological polar surface area (TPSA) is 54.8 Å². The predicted octanol–water partition coefficient (Wildman–Crippen LogP) is 6.15. The second-order valence-corrected chi connectivity index (χ2v) is 9.91. The van der Waals surface area contributed by atoms with Crippen LogP contribution in [0.3, 0.4) is 0 Å². The summed E-state index contributed by atoms with van der Waals surface area (Å²) in [6, 6.07) is 27.0. The zero-order valence-electron chi connectivity index (χ0n) is 23.3. The van der Waals surface area contributed by atoms with Crippen molar-refractivity contribution < 1.29 is 18.7 Å². The van der Waals surface area contributed by atoms with Crippen molar-refractivity contribution in [3.63, 3.8) is 0 Å². The van der Waals surface area contributed by atoms with Crippen LogP contribution in [0.25, 0.3) is 0 Å². The summed E-state index contributed by atoms with van der Waals surface area (Å²) < 4.78 is 21.0. The third-order valence-corrected chi connectivity index (χ3v) is 7.11. The van der Waals surface area contributed by atoms with E-state index in [-0.39, 0.29) is 24.4 Å². The molecule has 0 radical (unpaired) electrons. The molecule has 0 saturated carbocycles. The van der Waals surface area contributed by atoms with Crippen molar-refractivity contribution in [2.75, 3.05) is 13.7 Å². The van der Waals surface area contributed by atoms with Crippen LogP contribution in [0.1, 0.15) is 47.4 Å². The Labute approximate surface area is 235 Å². The highest BCUT2D eigenvalue weighted by Crippen LogP contribution is 2.18. The van der Waals surface area contributed by atoms with Gasteiger partial charge in [-0.05, 0) is 73.0 Å². The van der Waals surface area contributed by atoms with Gasteiger partial charge in [-0.15, -0.1) is 0 Å². The van der Waals surface area contributed by atoms with Crippen molar-refractivity contribution in [2.45, 2.75) is 45.9 Å². The first-order valence-electron chi connectivity index (χ1n) is 13.5. The van der Waals surface area contributed by atoms with Crippen LogP contribution < -0.4 is 4.74 Å². The fraction of sp³-hybridized carbons (Fsp3) is 0.273. The van der Waals surface area contributed by atoms with Gasteiger partial charge in [0.25, 0.3) is 5.91 Å². The molecular formula is C33H36FN3O3. The summed E-state index contributed by atoms with van der Waals surface area (Å²) in [4.78, 5) is 30.7. The van der Waals surface area contributed by atoms with Crippen molar-refractivity contribution in [3.05, 3.63) is 125 Å². The Hall–Kier alpha value is -4.39. The van der Waals surface area contributed by atoms with E-state index >= 15 is 0 Å². The van der Waals surface area contributed by atoms with Crippen LogP contribution in [0.2, 0.25) is 0 Å². The molecule has 2 amide bonds. The van der Waals surface area contributed by atoms with Crippen LogP contribution in [0.15, 0.2) is 97.2 Å². The SMILES string of the molecule is CCC(C)N(CC(=O)N(Cc1ccccc1)Cc1cccn1Cc1cccc(OC)c1)C(=O)c1ccc(F)cc1. The Morgan fingerprint density at radius 1 is 0.900 bits per heavy atom. The molecule has 1 unspecified atom stereocenters. The zero-order valence-corrected chi connectivity index (χ0v) is 23.3. The first-order valence-corrected chi connectivity index (χ1v) is 13.5. The number of methoxy groups -OCH3 is 1. The maximum atomic E-state index is 13.9. The highest BCUT2D eigenvalue weighted by Gasteiger charge is 2.26. The molecule has 4 rings (SSSR count). The van der Waals surface area contributed by atoms with E-state index in [0.29, 0.717) is 31.6 Å². The van der Waals surface area contributed by atoms with E-state index in [1.807, 2.05) is 86.8 Å². The molecule has 0 fully saturated rings. The minimum Gasteiger partial charge on any atom is -0.497 e. The summed E-state index contributed by atoms with van der Waals surface area (Å²) in [7, 11) is 1.65. The van der Waals surface area contributed by atoms with E-state index in [1.165, 1.54) is 24.3 Å². The van der Waals surface area contributed by atoms with Gasteiger partial charge in [0.05, 0.1) is 13.7 Å². The number of hydrogen-bond acceptors (Lipinski definition) is 3. The molecule has 0 aliphatic heterocycles. The molecule has 1 heterocycles. The molecular weight excluding hydrogens is 505 g/mol. The highest BCUT2D eigenvalue weighted by atomic mass is 19.1. The molecule has 0 bridgehead atoms. The molecule has 0 aliphatic carbocycles. The van der Waals surface area contributed by atoms with E-state index in [9.17, 15) is 14.0 Å². The second kappa shape index (κ2) is 13.6. The van der Waals surface area contributed by atoms with Crippen LogP contribution in [-0.2, 0) is 24.4 Å². The van der Waals surface area contributed by atoms with E-state index in [1.54, 1.807) is 16.9 Å². The minimum atomic E-state index is -0.409. The average Bonchev–Trinajstić information content (AvgIpc) is 3.41. The van der Waals surface area contributed by atoms with E-state index in [4.69, 9.17) is 4.74 Å². The maximum absolute atomic E-state index is 13.9. The van der Waals surface area contributed by atoms with Gasteiger partial charge < -0.3 is 19.1 Å². The minimum absolute atomic E-state index is 0.0748. The standard InChI is InChI=1S/C33H36FN3O3/c1-4-25(2)37(33(39)28-15-17-29(34)18-16-28)24-32(38)36(21-26-10-6-5-7-11-26)23-30-13-9-19-35(30)22-27-12-8-14-31(20-27)40-3/h5-20,25H,4,21-24H2,1-3H3. The Kier molecular flexibility index (Phi) is 9.73. The molecule has 0 spiro atoms. The Balaban J connectivity index is 1.58. The van der Waals surface area contributed by atoms with Crippen LogP contribution in [0, 0.1) is 5.82 Å². The quantitative estimate of drug-likeness (QED) is 0.216. The second-order valence-electron chi connectivity index (χ2n) is 9.91. The first kappa shape index (κ1) is 28.6. The molecule has 7 heteroatoms. The van der Waals surface area contributed by atoms with Gasteiger partial charge in [0.15, 0.2) is 0 Å². The first-order chi connectivity index (χ1) is 19.4. The largest absolute Gasteiger partial charge is 0.497 e.